The number of furan rings is 1. The minimum Gasteiger partial charge on any atom is -0.491 e. The van der Waals surface area contributed by atoms with Crippen LogP contribution >= 0.6 is 0 Å². The summed E-state index contributed by atoms with van der Waals surface area (Å²) in [5, 5.41) is 4.22. The molecule has 2 heterocycles. The highest BCUT2D eigenvalue weighted by Gasteiger charge is 2.36. The fraction of sp³-hybridized carbons (Fsp3) is 0.500. The van der Waals surface area contributed by atoms with Gasteiger partial charge in [-0.25, -0.2) is 4.98 Å². The van der Waals surface area contributed by atoms with Crippen LogP contribution in [-0.4, -0.2) is 60.0 Å². The van der Waals surface area contributed by atoms with E-state index in [1.165, 1.54) is 0 Å². The van der Waals surface area contributed by atoms with Crippen molar-refractivity contribution in [3.63, 3.8) is 0 Å². The van der Waals surface area contributed by atoms with E-state index >= 15 is 0 Å². The van der Waals surface area contributed by atoms with Gasteiger partial charge in [-0.05, 0) is 54.5 Å². The number of hydrogen-bond acceptors (Lipinski definition) is 7. The van der Waals surface area contributed by atoms with E-state index in [4.69, 9.17) is 23.1 Å². The first-order valence-corrected chi connectivity index (χ1v) is 14.7. The van der Waals surface area contributed by atoms with Crippen LogP contribution in [0.1, 0.15) is 20.8 Å². The van der Waals surface area contributed by atoms with Crippen molar-refractivity contribution >= 4 is 25.1 Å². The maximum absolute atomic E-state index is 6.10. The zero-order valence-electron chi connectivity index (χ0n) is 21.3. The molecule has 2 aromatic heterocycles. The summed E-state index contributed by atoms with van der Waals surface area (Å²) in [6, 6.07) is 11.7. The van der Waals surface area contributed by atoms with Gasteiger partial charge >= 0.3 is 0 Å². The molecule has 8 heteroatoms. The highest BCUT2D eigenvalue weighted by molar-refractivity contribution is 6.74. The van der Waals surface area contributed by atoms with Crippen LogP contribution in [0, 0.1) is 0 Å². The topological polar surface area (TPSA) is 75.0 Å². The first-order chi connectivity index (χ1) is 16.2. The van der Waals surface area contributed by atoms with Crippen molar-refractivity contribution in [2.24, 2.45) is 0 Å². The summed E-state index contributed by atoms with van der Waals surface area (Å²) in [7, 11) is 0.145. The van der Waals surface area contributed by atoms with Gasteiger partial charge in [0.1, 0.15) is 29.5 Å². The largest absolute Gasteiger partial charge is 0.491 e. The third-order valence-electron chi connectivity index (χ3n) is 6.16. The molecule has 0 saturated heterocycles. The summed E-state index contributed by atoms with van der Waals surface area (Å²) in [6.45, 7) is 14.5. The van der Waals surface area contributed by atoms with Crippen LogP contribution in [0.2, 0.25) is 18.1 Å². The van der Waals surface area contributed by atoms with Crippen molar-refractivity contribution in [1.29, 1.82) is 0 Å². The van der Waals surface area contributed by atoms with E-state index in [9.17, 15) is 0 Å². The number of nitrogens with zero attached hydrogens (tertiary/aromatic N) is 1. The van der Waals surface area contributed by atoms with Crippen LogP contribution in [0.15, 0.2) is 47.0 Å². The Morgan fingerprint density at radius 1 is 0.912 bits per heavy atom. The molecule has 0 bridgehead atoms. The van der Waals surface area contributed by atoms with Gasteiger partial charge in [-0.15, -0.1) is 0 Å². The molecule has 0 saturated carbocycles. The van der Waals surface area contributed by atoms with Crippen molar-refractivity contribution in [2.75, 3.05) is 52.0 Å². The van der Waals surface area contributed by atoms with Crippen LogP contribution < -0.4 is 10.1 Å². The molecule has 0 aliphatic carbocycles. The van der Waals surface area contributed by atoms with Gasteiger partial charge < -0.3 is 28.4 Å². The minimum atomic E-state index is -1.70. The SMILES string of the molecule is CNc1ccc(-c2cc3cc(OCCOCCOCCO[Si](C)(C)C(C)(C)C)ccc3o2)cn1. The fourth-order valence-corrected chi connectivity index (χ4v) is 4.08. The lowest BCUT2D eigenvalue weighted by Gasteiger charge is -2.36. The summed E-state index contributed by atoms with van der Waals surface area (Å²) < 4.78 is 29.1. The van der Waals surface area contributed by atoms with Gasteiger partial charge in [0.05, 0.1) is 33.0 Å². The third-order valence-corrected chi connectivity index (χ3v) is 10.7. The zero-order valence-corrected chi connectivity index (χ0v) is 22.3. The van der Waals surface area contributed by atoms with Crippen molar-refractivity contribution in [1.82, 2.24) is 4.98 Å². The summed E-state index contributed by atoms with van der Waals surface area (Å²) in [5.41, 5.74) is 1.74. The number of aromatic nitrogens is 1. The number of hydrogen-bond donors (Lipinski definition) is 1. The van der Waals surface area contributed by atoms with Gasteiger partial charge in [0, 0.05) is 24.2 Å². The van der Waals surface area contributed by atoms with E-state index in [0.717, 1.165) is 33.9 Å². The van der Waals surface area contributed by atoms with E-state index in [0.29, 0.717) is 39.6 Å². The van der Waals surface area contributed by atoms with Crippen LogP contribution in [0.25, 0.3) is 22.3 Å². The molecule has 3 rings (SSSR count). The first-order valence-electron chi connectivity index (χ1n) is 11.8. The molecule has 0 atom stereocenters. The van der Waals surface area contributed by atoms with E-state index in [-0.39, 0.29) is 5.04 Å². The lowest BCUT2D eigenvalue weighted by atomic mass is 10.2. The van der Waals surface area contributed by atoms with E-state index in [1.54, 1.807) is 6.20 Å². The predicted molar refractivity (Wildman–Crippen MR) is 139 cm³/mol. The molecule has 1 N–H and O–H groups in total. The van der Waals surface area contributed by atoms with Gasteiger partial charge in [-0.3, -0.25) is 0 Å². The normalized spacial score (nSPS) is 12.3. The average molecular weight is 487 g/mol. The zero-order chi connectivity index (χ0) is 24.6. The van der Waals surface area contributed by atoms with Gasteiger partial charge in [0.25, 0.3) is 0 Å². The quantitative estimate of drug-likeness (QED) is 0.236. The molecular weight excluding hydrogens is 448 g/mol. The van der Waals surface area contributed by atoms with Gasteiger partial charge in [0.15, 0.2) is 8.32 Å². The molecule has 34 heavy (non-hydrogen) atoms. The Bertz CT molecular complexity index is 1030. The summed E-state index contributed by atoms with van der Waals surface area (Å²) in [5.74, 6) is 2.38. The highest BCUT2D eigenvalue weighted by atomic mass is 28.4. The Kier molecular flexibility index (Phi) is 9.13. The second kappa shape index (κ2) is 11.8. The Morgan fingerprint density at radius 2 is 1.62 bits per heavy atom. The van der Waals surface area contributed by atoms with Crippen molar-refractivity contribution in [3.05, 3.63) is 42.6 Å². The van der Waals surface area contributed by atoms with E-state index in [1.807, 2.05) is 43.4 Å². The summed E-state index contributed by atoms with van der Waals surface area (Å²) in [4.78, 5) is 4.34. The number of anilines is 1. The second-order valence-corrected chi connectivity index (χ2v) is 14.5. The Balaban J connectivity index is 1.33. The molecule has 7 nitrogen and oxygen atoms in total. The molecule has 0 amide bonds. The van der Waals surface area contributed by atoms with E-state index < -0.39 is 8.32 Å². The standard InChI is InChI=1S/C26H38N2O5Si/c1-26(2,3)34(5,6)32-16-14-30-12-11-29-13-15-31-22-8-9-23-21(17-22)18-24(33-23)20-7-10-25(27-4)28-19-20/h7-10,17-19H,11-16H2,1-6H3,(H,27,28). The van der Waals surface area contributed by atoms with Crippen LogP contribution in [0.3, 0.4) is 0 Å². The highest BCUT2D eigenvalue weighted by Crippen LogP contribution is 2.36. The van der Waals surface area contributed by atoms with Crippen LogP contribution in [0.4, 0.5) is 5.82 Å². The molecule has 0 radical (unpaired) electrons. The predicted octanol–water partition coefficient (Wildman–Crippen LogP) is 5.97. The summed E-state index contributed by atoms with van der Waals surface area (Å²) >= 11 is 0. The van der Waals surface area contributed by atoms with Crippen molar-refractivity contribution in [3.8, 4) is 17.1 Å². The van der Waals surface area contributed by atoms with Crippen LogP contribution in [-0.2, 0) is 13.9 Å². The Labute approximate surface area is 203 Å². The number of pyridine rings is 1. The number of rotatable bonds is 13. The molecule has 3 aromatic rings. The van der Waals surface area contributed by atoms with E-state index in [2.05, 4.69) is 44.2 Å². The second-order valence-electron chi connectivity index (χ2n) is 9.67. The molecule has 0 fully saturated rings. The number of fused-ring (bicyclic) bond motifs is 1. The molecule has 0 spiro atoms. The number of benzene rings is 1. The van der Waals surface area contributed by atoms with Crippen molar-refractivity contribution < 1.29 is 23.1 Å². The maximum atomic E-state index is 6.10. The molecular formula is C26H38N2O5Si. The molecule has 0 unspecified atom stereocenters. The van der Waals surface area contributed by atoms with Gasteiger partial charge in [0.2, 0.25) is 0 Å². The fourth-order valence-electron chi connectivity index (χ4n) is 3.05. The number of nitrogens with one attached hydrogen (secondary N) is 1. The lowest BCUT2D eigenvalue weighted by Crippen LogP contribution is -2.41. The monoisotopic (exact) mass is 486 g/mol. The first kappa shape index (κ1) is 26.2. The average Bonchev–Trinajstić information content (AvgIpc) is 3.23. The lowest BCUT2D eigenvalue weighted by molar-refractivity contribution is 0.0260. The third kappa shape index (κ3) is 7.30. The molecule has 0 aliphatic heterocycles. The van der Waals surface area contributed by atoms with Gasteiger partial charge in [-0.2, -0.15) is 0 Å². The smallest absolute Gasteiger partial charge is 0.192 e. The summed E-state index contributed by atoms with van der Waals surface area (Å²) in [6.07, 6.45) is 1.80. The van der Waals surface area contributed by atoms with Gasteiger partial charge in [-0.1, -0.05) is 20.8 Å². The minimum absolute atomic E-state index is 0.219. The molecule has 1 aromatic carbocycles. The Hall–Kier alpha value is -2.39. The molecule has 186 valence electrons. The molecule has 0 aliphatic rings. The van der Waals surface area contributed by atoms with Crippen LogP contribution in [0.5, 0.6) is 5.75 Å². The number of ether oxygens (including phenoxy) is 3. The Morgan fingerprint density at radius 3 is 2.26 bits per heavy atom. The maximum Gasteiger partial charge on any atom is 0.192 e. The van der Waals surface area contributed by atoms with Crippen molar-refractivity contribution in [2.45, 2.75) is 38.9 Å².